The molecule has 1 fully saturated rings. The van der Waals surface area contributed by atoms with Crippen molar-refractivity contribution < 1.29 is 23.9 Å². The number of hydrogen-bond acceptors (Lipinski definition) is 6. The summed E-state index contributed by atoms with van der Waals surface area (Å²) in [6, 6.07) is 7.09. The molecule has 0 radical (unpaired) electrons. The molecule has 8 heteroatoms. The van der Waals surface area contributed by atoms with Gasteiger partial charge in [-0.05, 0) is 12.1 Å². The molecule has 1 saturated heterocycles. The zero-order chi connectivity index (χ0) is 17.1. The third-order valence-corrected chi connectivity index (χ3v) is 5.11. The van der Waals surface area contributed by atoms with Crippen LogP contribution in [0.5, 0.6) is 5.75 Å². The van der Waals surface area contributed by atoms with Gasteiger partial charge in [-0.1, -0.05) is 12.1 Å². The summed E-state index contributed by atoms with van der Waals surface area (Å²) >= 11 is 1.48. The molecule has 0 bridgehead atoms. The average molecular weight is 350 g/mol. The quantitative estimate of drug-likeness (QED) is 0.815. The lowest BCUT2D eigenvalue weighted by molar-refractivity contribution is -0.142. The van der Waals surface area contributed by atoms with E-state index in [-0.39, 0.29) is 29.5 Å². The van der Waals surface area contributed by atoms with Crippen molar-refractivity contribution >= 4 is 35.2 Å². The molecule has 0 aliphatic carbocycles. The van der Waals surface area contributed by atoms with Gasteiger partial charge in [0.15, 0.2) is 6.10 Å². The number of amides is 2. The molecule has 128 valence electrons. The molecule has 2 heterocycles. The molecule has 2 aliphatic heterocycles. The molecular formula is C16H18N2O5S. The number of carbonyl (C=O) groups excluding carboxylic acids is 3. The fraction of sp³-hybridized carbons (Fsp3) is 0.438. The molecule has 2 aliphatic rings. The van der Waals surface area contributed by atoms with Crippen LogP contribution in [-0.2, 0) is 19.1 Å². The van der Waals surface area contributed by atoms with Crippen molar-refractivity contribution in [1.29, 1.82) is 0 Å². The van der Waals surface area contributed by atoms with E-state index >= 15 is 0 Å². The zero-order valence-corrected chi connectivity index (χ0v) is 14.0. The first-order chi connectivity index (χ1) is 11.6. The summed E-state index contributed by atoms with van der Waals surface area (Å²) in [5.74, 6) is 0.336. The molecular weight excluding hydrogens is 332 g/mol. The van der Waals surface area contributed by atoms with Crippen LogP contribution >= 0.6 is 11.8 Å². The smallest absolute Gasteiger partial charge is 0.320 e. The number of para-hydroxylation sites is 2. The van der Waals surface area contributed by atoms with E-state index in [0.717, 1.165) is 0 Å². The van der Waals surface area contributed by atoms with Gasteiger partial charge in [0.05, 0.1) is 19.2 Å². The maximum absolute atomic E-state index is 12.5. The number of anilines is 1. The molecule has 24 heavy (non-hydrogen) atoms. The standard InChI is InChI=1S/C16H18N2O5S/c1-22-16(21)13-9-18(6-7-24-13)14(19)8-12-15(20)17-10-4-2-3-5-11(10)23-12/h2-5,12-13H,6-9H2,1H3,(H,17,20)/t12-,13+/m0/s1. The van der Waals surface area contributed by atoms with Gasteiger partial charge in [-0.3, -0.25) is 14.4 Å². The second-order valence-electron chi connectivity index (χ2n) is 5.52. The number of esters is 1. The van der Waals surface area contributed by atoms with Crippen LogP contribution in [0.25, 0.3) is 0 Å². The summed E-state index contributed by atoms with van der Waals surface area (Å²) in [4.78, 5) is 37.8. The number of nitrogens with zero attached hydrogens (tertiary/aromatic N) is 1. The summed E-state index contributed by atoms with van der Waals surface area (Å²) in [5.41, 5.74) is 0.603. The van der Waals surface area contributed by atoms with Crippen LogP contribution in [0.4, 0.5) is 5.69 Å². The number of methoxy groups -OCH3 is 1. The predicted octanol–water partition coefficient (Wildman–Crippen LogP) is 0.893. The van der Waals surface area contributed by atoms with E-state index in [4.69, 9.17) is 9.47 Å². The van der Waals surface area contributed by atoms with E-state index in [1.54, 1.807) is 29.2 Å². The summed E-state index contributed by atoms with van der Waals surface area (Å²) < 4.78 is 10.4. The maximum atomic E-state index is 12.5. The van der Waals surface area contributed by atoms with Crippen molar-refractivity contribution in [2.24, 2.45) is 0 Å². The maximum Gasteiger partial charge on any atom is 0.320 e. The Hall–Kier alpha value is -2.22. The van der Waals surface area contributed by atoms with E-state index < -0.39 is 6.10 Å². The Bertz CT molecular complexity index is 666. The van der Waals surface area contributed by atoms with Crippen molar-refractivity contribution in [2.75, 3.05) is 31.3 Å². The minimum absolute atomic E-state index is 0.0568. The lowest BCUT2D eigenvalue weighted by Gasteiger charge is -2.32. The number of nitrogens with one attached hydrogen (secondary N) is 1. The molecule has 1 aromatic rings. The summed E-state index contributed by atoms with van der Waals surface area (Å²) in [5, 5.41) is 2.36. The van der Waals surface area contributed by atoms with E-state index in [1.165, 1.54) is 18.9 Å². The number of ether oxygens (including phenoxy) is 2. The van der Waals surface area contributed by atoms with Crippen molar-refractivity contribution in [3.8, 4) is 5.75 Å². The number of thioether (sulfide) groups is 1. The van der Waals surface area contributed by atoms with Gasteiger partial charge in [0, 0.05) is 18.8 Å². The predicted molar refractivity (Wildman–Crippen MR) is 88.9 cm³/mol. The lowest BCUT2D eigenvalue weighted by atomic mass is 10.1. The third-order valence-electron chi connectivity index (χ3n) is 3.95. The van der Waals surface area contributed by atoms with Crippen LogP contribution in [0, 0.1) is 0 Å². The molecule has 2 amide bonds. The Morgan fingerprint density at radius 3 is 3.00 bits per heavy atom. The van der Waals surface area contributed by atoms with Crippen molar-refractivity contribution in [3.05, 3.63) is 24.3 Å². The molecule has 3 rings (SSSR count). The van der Waals surface area contributed by atoms with Crippen LogP contribution in [-0.4, -0.2) is 60.0 Å². The monoisotopic (exact) mass is 350 g/mol. The molecule has 0 aromatic heterocycles. The number of benzene rings is 1. The minimum atomic E-state index is -0.862. The van der Waals surface area contributed by atoms with E-state index in [1.807, 2.05) is 0 Å². The number of carbonyl (C=O) groups is 3. The largest absolute Gasteiger partial charge is 0.478 e. The van der Waals surface area contributed by atoms with E-state index in [2.05, 4.69) is 5.32 Å². The Labute approximate surface area is 143 Å². The number of fused-ring (bicyclic) bond motifs is 1. The van der Waals surface area contributed by atoms with Crippen LogP contribution in [0.1, 0.15) is 6.42 Å². The minimum Gasteiger partial charge on any atom is -0.478 e. The van der Waals surface area contributed by atoms with Gasteiger partial charge in [0.25, 0.3) is 5.91 Å². The summed E-state index contributed by atoms with van der Waals surface area (Å²) in [7, 11) is 1.33. The SMILES string of the molecule is COC(=O)[C@H]1CN(C(=O)C[C@@H]2Oc3ccccc3NC2=O)CCS1. The highest BCUT2D eigenvalue weighted by Crippen LogP contribution is 2.30. The van der Waals surface area contributed by atoms with Crippen molar-refractivity contribution in [1.82, 2.24) is 4.90 Å². The van der Waals surface area contributed by atoms with Gasteiger partial charge in [0.2, 0.25) is 5.91 Å². The highest BCUT2D eigenvalue weighted by atomic mass is 32.2. The molecule has 0 spiro atoms. The highest BCUT2D eigenvalue weighted by molar-refractivity contribution is 8.00. The van der Waals surface area contributed by atoms with Gasteiger partial charge in [0.1, 0.15) is 11.0 Å². The molecule has 0 saturated carbocycles. The van der Waals surface area contributed by atoms with E-state index in [9.17, 15) is 14.4 Å². The Morgan fingerprint density at radius 2 is 2.21 bits per heavy atom. The zero-order valence-electron chi connectivity index (χ0n) is 13.2. The number of rotatable bonds is 3. The highest BCUT2D eigenvalue weighted by Gasteiger charge is 2.34. The average Bonchev–Trinajstić information content (AvgIpc) is 2.61. The normalized spacial score (nSPS) is 22.9. The number of hydrogen-bond donors (Lipinski definition) is 1. The molecule has 1 N–H and O–H groups in total. The van der Waals surface area contributed by atoms with Crippen LogP contribution < -0.4 is 10.1 Å². The first kappa shape index (κ1) is 16.6. The summed E-state index contributed by atoms with van der Waals surface area (Å²) in [6.07, 6.45) is -0.919. The summed E-state index contributed by atoms with van der Waals surface area (Å²) in [6.45, 7) is 0.836. The van der Waals surface area contributed by atoms with Gasteiger partial charge in [-0.15, -0.1) is 11.8 Å². The van der Waals surface area contributed by atoms with Gasteiger partial charge in [-0.25, -0.2) is 0 Å². The van der Waals surface area contributed by atoms with Gasteiger partial charge >= 0.3 is 5.97 Å². The molecule has 0 unspecified atom stereocenters. The first-order valence-corrected chi connectivity index (χ1v) is 8.67. The third kappa shape index (κ3) is 3.48. The lowest BCUT2D eigenvalue weighted by Crippen LogP contribution is -2.48. The van der Waals surface area contributed by atoms with E-state index in [0.29, 0.717) is 30.3 Å². The van der Waals surface area contributed by atoms with Crippen molar-refractivity contribution in [3.63, 3.8) is 0 Å². The topological polar surface area (TPSA) is 84.9 Å². The van der Waals surface area contributed by atoms with Crippen LogP contribution in [0.15, 0.2) is 24.3 Å². The Balaban J connectivity index is 1.62. The molecule has 1 aromatic carbocycles. The van der Waals surface area contributed by atoms with Gasteiger partial charge < -0.3 is 19.7 Å². The Morgan fingerprint density at radius 1 is 1.42 bits per heavy atom. The van der Waals surface area contributed by atoms with Crippen LogP contribution in [0.3, 0.4) is 0 Å². The molecule has 2 atom stereocenters. The first-order valence-electron chi connectivity index (χ1n) is 7.62. The fourth-order valence-electron chi connectivity index (χ4n) is 2.66. The Kier molecular flexibility index (Phi) is 4.94. The fourth-order valence-corrected chi connectivity index (χ4v) is 3.79. The van der Waals surface area contributed by atoms with Gasteiger partial charge in [-0.2, -0.15) is 0 Å². The second-order valence-corrected chi connectivity index (χ2v) is 6.83. The second kappa shape index (κ2) is 7.12. The van der Waals surface area contributed by atoms with Crippen LogP contribution in [0.2, 0.25) is 0 Å². The van der Waals surface area contributed by atoms with Crippen molar-refractivity contribution in [2.45, 2.75) is 17.8 Å². The molecule has 7 nitrogen and oxygen atoms in total.